The summed E-state index contributed by atoms with van der Waals surface area (Å²) in [6.07, 6.45) is 0.504. The molecule has 1 aromatic carbocycles. The molecule has 0 spiro atoms. The Kier molecular flexibility index (Phi) is 6.24. The molecule has 0 amide bonds. The number of aliphatic hydroxyl groups excluding tert-OH is 1. The fourth-order valence-corrected chi connectivity index (χ4v) is 2.29. The van der Waals surface area contributed by atoms with Crippen LogP contribution >= 0.6 is 15.9 Å². The van der Waals surface area contributed by atoms with Gasteiger partial charge in [-0.1, -0.05) is 28.1 Å². The number of rotatable bonds is 7. The van der Waals surface area contributed by atoms with Crippen molar-refractivity contribution in [1.29, 1.82) is 0 Å². The standard InChI is InChI=1S/C11H17BrN2O3S/c1-18(16,17)14-6-5-13-8-11(15)9-3-2-4-10(12)7-9/h2-4,7,11,13-15H,5-6,8H2,1H3. The summed E-state index contributed by atoms with van der Waals surface area (Å²) >= 11 is 3.34. The SMILES string of the molecule is CS(=O)(=O)NCCNCC(O)c1cccc(Br)c1. The van der Waals surface area contributed by atoms with Gasteiger partial charge in [0.05, 0.1) is 12.4 Å². The molecule has 0 saturated carbocycles. The molecule has 0 heterocycles. The van der Waals surface area contributed by atoms with Crippen LogP contribution in [-0.4, -0.2) is 39.4 Å². The molecule has 0 aliphatic carbocycles. The number of aliphatic hydroxyl groups is 1. The average Bonchev–Trinajstić information content (AvgIpc) is 2.26. The van der Waals surface area contributed by atoms with Crippen LogP contribution in [0.3, 0.4) is 0 Å². The second-order valence-electron chi connectivity index (χ2n) is 3.94. The van der Waals surface area contributed by atoms with E-state index in [1.807, 2.05) is 24.3 Å². The van der Waals surface area contributed by atoms with E-state index in [2.05, 4.69) is 26.0 Å². The van der Waals surface area contributed by atoms with E-state index in [9.17, 15) is 13.5 Å². The first-order valence-corrected chi connectivity index (χ1v) is 8.16. The fourth-order valence-electron chi connectivity index (χ4n) is 1.40. The first kappa shape index (κ1) is 15.6. The van der Waals surface area contributed by atoms with Gasteiger partial charge in [0.25, 0.3) is 0 Å². The van der Waals surface area contributed by atoms with Crippen molar-refractivity contribution in [1.82, 2.24) is 10.0 Å². The Morgan fingerprint density at radius 2 is 2.11 bits per heavy atom. The lowest BCUT2D eigenvalue weighted by molar-refractivity contribution is 0.175. The molecule has 0 aromatic heterocycles. The lowest BCUT2D eigenvalue weighted by Gasteiger charge is -2.12. The van der Waals surface area contributed by atoms with Crippen molar-refractivity contribution in [2.24, 2.45) is 0 Å². The number of nitrogens with one attached hydrogen (secondary N) is 2. The van der Waals surface area contributed by atoms with E-state index >= 15 is 0 Å². The fraction of sp³-hybridized carbons (Fsp3) is 0.455. The molecule has 1 aromatic rings. The van der Waals surface area contributed by atoms with E-state index in [0.29, 0.717) is 19.6 Å². The molecule has 0 saturated heterocycles. The summed E-state index contributed by atoms with van der Waals surface area (Å²) in [6.45, 7) is 1.16. The normalized spacial score (nSPS) is 13.5. The number of hydrogen-bond acceptors (Lipinski definition) is 4. The third-order valence-corrected chi connectivity index (χ3v) is 3.46. The molecule has 102 valence electrons. The largest absolute Gasteiger partial charge is 0.387 e. The summed E-state index contributed by atoms with van der Waals surface area (Å²) in [4.78, 5) is 0. The third-order valence-electron chi connectivity index (χ3n) is 2.24. The van der Waals surface area contributed by atoms with Gasteiger partial charge in [0.1, 0.15) is 0 Å². The number of benzene rings is 1. The molecule has 7 heteroatoms. The van der Waals surface area contributed by atoms with Crippen molar-refractivity contribution < 1.29 is 13.5 Å². The highest BCUT2D eigenvalue weighted by Gasteiger charge is 2.07. The molecule has 1 atom stereocenters. The predicted octanol–water partition coefficient (Wildman–Crippen LogP) is 0.621. The summed E-state index contributed by atoms with van der Waals surface area (Å²) in [5.41, 5.74) is 0.813. The van der Waals surface area contributed by atoms with E-state index in [4.69, 9.17) is 0 Å². The number of hydrogen-bond donors (Lipinski definition) is 3. The molecular formula is C11H17BrN2O3S. The monoisotopic (exact) mass is 336 g/mol. The number of halogens is 1. The molecule has 0 aliphatic heterocycles. The summed E-state index contributed by atoms with van der Waals surface area (Å²) < 4.78 is 24.9. The van der Waals surface area contributed by atoms with E-state index in [1.165, 1.54) is 0 Å². The zero-order valence-corrected chi connectivity index (χ0v) is 12.5. The average molecular weight is 337 g/mol. The van der Waals surface area contributed by atoms with Gasteiger partial charge >= 0.3 is 0 Å². The Morgan fingerprint density at radius 1 is 1.39 bits per heavy atom. The topological polar surface area (TPSA) is 78.4 Å². The molecule has 5 nitrogen and oxygen atoms in total. The minimum absolute atomic E-state index is 0.310. The van der Waals surface area contributed by atoms with Gasteiger partial charge in [0.2, 0.25) is 10.0 Å². The minimum Gasteiger partial charge on any atom is -0.387 e. The second-order valence-corrected chi connectivity index (χ2v) is 6.69. The van der Waals surface area contributed by atoms with E-state index in [-0.39, 0.29) is 0 Å². The third kappa shape index (κ3) is 6.46. The second kappa shape index (κ2) is 7.20. The maximum atomic E-state index is 10.8. The minimum atomic E-state index is -3.14. The molecule has 1 unspecified atom stereocenters. The van der Waals surface area contributed by atoms with Gasteiger partial charge in [-0.3, -0.25) is 0 Å². The smallest absolute Gasteiger partial charge is 0.208 e. The highest BCUT2D eigenvalue weighted by molar-refractivity contribution is 9.10. The summed E-state index contributed by atoms with van der Waals surface area (Å²) in [5.74, 6) is 0. The maximum Gasteiger partial charge on any atom is 0.208 e. The van der Waals surface area contributed by atoms with Crippen molar-refractivity contribution in [3.8, 4) is 0 Å². The van der Waals surface area contributed by atoms with Crippen molar-refractivity contribution in [3.63, 3.8) is 0 Å². The van der Waals surface area contributed by atoms with Crippen molar-refractivity contribution in [3.05, 3.63) is 34.3 Å². The van der Waals surface area contributed by atoms with Gasteiger partial charge in [-0.15, -0.1) is 0 Å². The predicted molar refractivity (Wildman–Crippen MR) is 74.8 cm³/mol. The van der Waals surface area contributed by atoms with Gasteiger partial charge in [-0.25, -0.2) is 13.1 Å². The Hall–Kier alpha value is -0.470. The summed E-state index contributed by atoms with van der Waals surface area (Å²) in [6, 6.07) is 7.43. The highest BCUT2D eigenvalue weighted by atomic mass is 79.9. The lowest BCUT2D eigenvalue weighted by atomic mass is 10.1. The molecule has 1 rings (SSSR count). The van der Waals surface area contributed by atoms with Crippen molar-refractivity contribution >= 4 is 26.0 Å². The molecule has 0 fully saturated rings. The van der Waals surface area contributed by atoms with Crippen molar-refractivity contribution in [2.45, 2.75) is 6.10 Å². The highest BCUT2D eigenvalue weighted by Crippen LogP contribution is 2.17. The Balaban J connectivity index is 2.27. The van der Waals surface area contributed by atoms with Crippen LogP contribution in [0.1, 0.15) is 11.7 Å². The molecule has 0 aliphatic rings. The van der Waals surface area contributed by atoms with Crippen LogP contribution in [0.2, 0.25) is 0 Å². The summed E-state index contributed by atoms with van der Waals surface area (Å²) in [7, 11) is -3.14. The molecule has 18 heavy (non-hydrogen) atoms. The quantitative estimate of drug-likeness (QED) is 0.638. The van der Waals surface area contributed by atoms with Gasteiger partial charge in [-0.05, 0) is 17.7 Å². The molecular weight excluding hydrogens is 320 g/mol. The van der Waals surface area contributed by atoms with Gasteiger partial charge in [0, 0.05) is 24.1 Å². The first-order valence-electron chi connectivity index (χ1n) is 5.47. The van der Waals surface area contributed by atoms with Gasteiger partial charge < -0.3 is 10.4 Å². The molecule has 0 bridgehead atoms. The van der Waals surface area contributed by atoms with Crippen molar-refractivity contribution in [2.75, 3.05) is 25.9 Å². The van der Waals surface area contributed by atoms with E-state index < -0.39 is 16.1 Å². The Bertz CT molecular complexity index is 479. The first-order chi connectivity index (χ1) is 8.38. The zero-order chi connectivity index (χ0) is 13.6. The lowest BCUT2D eigenvalue weighted by Crippen LogP contribution is -2.32. The van der Waals surface area contributed by atoms with Gasteiger partial charge in [0.15, 0.2) is 0 Å². The number of sulfonamides is 1. The van der Waals surface area contributed by atoms with Crippen LogP contribution in [0.4, 0.5) is 0 Å². The van der Waals surface area contributed by atoms with Gasteiger partial charge in [-0.2, -0.15) is 0 Å². The van der Waals surface area contributed by atoms with Crippen LogP contribution in [0.25, 0.3) is 0 Å². The van der Waals surface area contributed by atoms with E-state index in [1.54, 1.807) is 0 Å². The zero-order valence-electron chi connectivity index (χ0n) is 10.1. The molecule has 0 radical (unpaired) electrons. The van der Waals surface area contributed by atoms with Crippen LogP contribution in [-0.2, 0) is 10.0 Å². The van der Waals surface area contributed by atoms with E-state index in [0.717, 1.165) is 16.3 Å². The van der Waals surface area contributed by atoms with Crippen LogP contribution in [0.5, 0.6) is 0 Å². The van der Waals surface area contributed by atoms with Crippen LogP contribution in [0.15, 0.2) is 28.7 Å². The summed E-state index contributed by atoms with van der Waals surface area (Å²) in [5, 5.41) is 12.9. The Labute approximate surface area is 116 Å². The van der Waals surface area contributed by atoms with Crippen LogP contribution < -0.4 is 10.0 Å². The van der Waals surface area contributed by atoms with Crippen LogP contribution in [0, 0.1) is 0 Å². The molecule has 3 N–H and O–H groups in total. The maximum absolute atomic E-state index is 10.8. The Morgan fingerprint density at radius 3 is 2.72 bits per heavy atom.